The highest BCUT2D eigenvalue weighted by molar-refractivity contribution is 5.64. The Morgan fingerprint density at radius 2 is 1.00 bits per heavy atom. The first-order chi connectivity index (χ1) is 19.0. The van der Waals surface area contributed by atoms with Crippen molar-refractivity contribution in [3.63, 3.8) is 0 Å². The fourth-order valence-electron chi connectivity index (χ4n) is 9.73. The topological polar surface area (TPSA) is 0 Å². The molecule has 1 aromatic carbocycles. The Kier molecular flexibility index (Phi) is 10.9. The van der Waals surface area contributed by atoms with Crippen molar-refractivity contribution < 1.29 is 0 Å². The Bertz CT molecular complexity index is 992. The average Bonchev–Trinajstić information content (AvgIpc) is 2.90. The molecular weight excluding hydrogens is 480 g/mol. The van der Waals surface area contributed by atoms with Crippen molar-refractivity contribution in [2.45, 2.75) is 138 Å². The van der Waals surface area contributed by atoms with Crippen LogP contribution in [0.25, 0.3) is 6.08 Å². The number of benzene rings is 1. The Morgan fingerprint density at radius 1 is 0.600 bits per heavy atom. The van der Waals surface area contributed by atoms with Gasteiger partial charge in [0.25, 0.3) is 0 Å². The Morgan fingerprint density at radius 3 is 1.45 bits per heavy atom. The van der Waals surface area contributed by atoms with Gasteiger partial charge in [0.1, 0.15) is 0 Å². The van der Waals surface area contributed by atoms with Crippen LogP contribution in [0.4, 0.5) is 0 Å². The maximum Gasteiger partial charge on any atom is -0.0120 e. The summed E-state index contributed by atoms with van der Waals surface area (Å²) in [6, 6.07) is 5.34. The number of rotatable bonds is 8. The minimum atomic E-state index is 0.672. The lowest BCUT2D eigenvalue weighted by molar-refractivity contribution is 0.181. The van der Waals surface area contributed by atoms with E-state index in [0.717, 1.165) is 53.3 Å². The molecule has 40 heavy (non-hydrogen) atoms. The highest BCUT2D eigenvalue weighted by Gasteiger charge is 2.41. The van der Waals surface area contributed by atoms with Crippen molar-refractivity contribution in [3.05, 3.63) is 53.1 Å². The molecule has 3 aliphatic rings. The quantitative estimate of drug-likeness (QED) is 0.285. The van der Waals surface area contributed by atoms with Crippen LogP contribution in [0.15, 0.2) is 30.9 Å². The van der Waals surface area contributed by atoms with Crippen molar-refractivity contribution in [2.75, 3.05) is 0 Å². The molecule has 0 radical (unpaired) electrons. The first kappa shape index (κ1) is 31.6. The summed E-state index contributed by atoms with van der Waals surface area (Å²) in [6.45, 7) is 26.7. The summed E-state index contributed by atoms with van der Waals surface area (Å²) in [7, 11) is 0. The van der Waals surface area contributed by atoms with Crippen LogP contribution in [0.1, 0.15) is 160 Å². The standard InChI is InChI=1S/C40H64/c1-11-12-13-35-34(37-22-28(8)14-17-31(37)25(2)3)20-21-36(38-23-29(9)15-18-32(38)26(4)5)40(35)39-24-30(10)16-19-33(39)27(6)7/h11-13,20-21,25-33,37-39H,1,14-19,22-24H2,2-10H3. The molecule has 0 saturated heterocycles. The molecule has 1 aromatic rings. The molecule has 0 amide bonds. The van der Waals surface area contributed by atoms with E-state index in [0.29, 0.717) is 17.8 Å². The highest BCUT2D eigenvalue weighted by Crippen LogP contribution is 2.54. The zero-order valence-corrected chi connectivity index (χ0v) is 27.9. The van der Waals surface area contributed by atoms with Gasteiger partial charge >= 0.3 is 0 Å². The SMILES string of the molecule is C=CC=Cc1c(C2CC(C)CCC2C(C)C)ccc(C2CC(C)CCC2C(C)C)c1C1CC(C)CCC1C(C)C. The van der Waals surface area contributed by atoms with Gasteiger partial charge in [0.2, 0.25) is 0 Å². The Hall–Kier alpha value is -1.30. The van der Waals surface area contributed by atoms with Crippen molar-refractivity contribution in [2.24, 2.45) is 53.3 Å². The average molecular weight is 545 g/mol. The maximum atomic E-state index is 4.14. The first-order valence-electron chi connectivity index (χ1n) is 17.5. The van der Waals surface area contributed by atoms with Crippen LogP contribution < -0.4 is 0 Å². The molecule has 0 aliphatic heterocycles. The molecule has 224 valence electrons. The van der Waals surface area contributed by atoms with Crippen LogP contribution >= 0.6 is 0 Å². The molecular formula is C40H64. The zero-order chi connectivity index (χ0) is 29.1. The lowest BCUT2D eigenvalue weighted by Crippen LogP contribution is -2.32. The van der Waals surface area contributed by atoms with Gasteiger partial charge in [0, 0.05) is 0 Å². The normalized spacial score (nSPS) is 35.6. The molecule has 0 spiro atoms. The fourth-order valence-corrected chi connectivity index (χ4v) is 9.73. The monoisotopic (exact) mass is 545 g/mol. The van der Waals surface area contributed by atoms with E-state index in [1.54, 1.807) is 22.3 Å². The summed E-state index contributed by atoms with van der Waals surface area (Å²) in [5.41, 5.74) is 6.82. The van der Waals surface area contributed by atoms with Gasteiger partial charge in [-0.1, -0.05) is 119 Å². The van der Waals surface area contributed by atoms with Gasteiger partial charge < -0.3 is 0 Å². The Balaban J connectivity index is 1.99. The molecule has 9 atom stereocenters. The molecule has 0 aromatic heterocycles. The summed E-state index contributed by atoms with van der Waals surface area (Å²) in [4.78, 5) is 0. The predicted molar refractivity (Wildman–Crippen MR) is 178 cm³/mol. The number of hydrogen-bond acceptors (Lipinski definition) is 0. The third-order valence-corrected chi connectivity index (χ3v) is 12.0. The van der Waals surface area contributed by atoms with Crippen LogP contribution in [-0.2, 0) is 0 Å². The lowest BCUT2D eigenvalue weighted by atomic mass is 9.60. The van der Waals surface area contributed by atoms with Gasteiger partial charge in [-0.05, 0) is 132 Å². The lowest BCUT2D eigenvalue weighted by Gasteiger charge is -2.45. The first-order valence-corrected chi connectivity index (χ1v) is 17.5. The van der Waals surface area contributed by atoms with Gasteiger partial charge in [0.15, 0.2) is 0 Å². The van der Waals surface area contributed by atoms with Crippen molar-refractivity contribution in [1.29, 1.82) is 0 Å². The molecule has 0 N–H and O–H groups in total. The Labute approximate surface area is 249 Å². The molecule has 0 heterocycles. The van der Waals surface area contributed by atoms with E-state index in [1.807, 2.05) is 6.08 Å². The summed E-state index contributed by atoms with van der Waals surface area (Å²) in [5, 5.41) is 0. The molecule has 0 heteroatoms. The summed E-state index contributed by atoms with van der Waals surface area (Å²) < 4.78 is 0. The second-order valence-electron chi connectivity index (χ2n) is 16.0. The zero-order valence-electron chi connectivity index (χ0n) is 27.9. The molecule has 3 saturated carbocycles. The van der Waals surface area contributed by atoms with Gasteiger partial charge in [-0.25, -0.2) is 0 Å². The van der Waals surface area contributed by atoms with Crippen molar-refractivity contribution in [1.82, 2.24) is 0 Å². The van der Waals surface area contributed by atoms with Crippen LogP contribution in [0.3, 0.4) is 0 Å². The highest BCUT2D eigenvalue weighted by atomic mass is 14.5. The van der Waals surface area contributed by atoms with E-state index in [4.69, 9.17) is 0 Å². The molecule has 0 nitrogen and oxygen atoms in total. The summed E-state index contributed by atoms with van der Waals surface area (Å²) >= 11 is 0. The molecule has 3 aliphatic carbocycles. The van der Waals surface area contributed by atoms with Crippen molar-refractivity contribution >= 4 is 6.08 Å². The van der Waals surface area contributed by atoms with Gasteiger partial charge in [-0.2, -0.15) is 0 Å². The maximum absolute atomic E-state index is 4.14. The molecule has 3 fully saturated rings. The minimum Gasteiger partial charge on any atom is -0.0991 e. The smallest absolute Gasteiger partial charge is 0.0120 e. The van der Waals surface area contributed by atoms with E-state index in [1.165, 1.54) is 57.8 Å². The third-order valence-electron chi connectivity index (χ3n) is 12.0. The largest absolute Gasteiger partial charge is 0.0991 e. The van der Waals surface area contributed by atoms with Crippen LogP contribution in [-0.4, -0.2) is 0 Å². The van der Waals surface area contributed by atoms with Crippen molar-refractivity contribution in [3.8, 4) is 0 Å². The number of allylic oxidation sites excluding steroid dienone is 2. The fraction of sp³-hybridized carbons (Fsp3) is 0.750. The van der Waals surface area contributed by atoms with E-state index >= 15 is 0 Å². The van der Waals surface area contributed by atoms with Crippen LogP contribution in [0.5, 0.6) is 0 Å². The van der Waals surface area contributed by atoms with Crippen LogP contribution in [0, 0.1) is 53.3 Å². The van der Waals surface area contributed by atoms with E-state index in [2.05, 4.69) is 93.2 Å². The van der Waals surface area contributed by atoms with Gasteiger partial charge in [0.05, 0.1) is 0 Å². The predicted octanol–water partition coefficient (Wildman–Crippen LogP) is 12.4. The number of hydrogen-bond donors (Lipinski definition) is 0. The van der Waals surface area contributed by atoms with Crippen LogP contribution in [0.2, 0.25) is 0 Å². The molecule has 9 unspecified atom stereocenters. The van der Waals surface area contributed by atoms with Gasteiger partial charge in [-0.15, -0.1) is 0 Å². The molecule has 4 rings (SSSR count). The third kappa shape index (κ3) is 6.84. The van der Waals surface area contributed by atoms with E-state index in [9.17, 15) is 0 Å². The minimum absolute atomic E-state index is 0.672. The van der Waals surface area contributed by atoms with Gasteiger partial charge in [-0.3, -0.25) is 0 Å². The second-order valence-corrected chi connectivity index (χ2v) is 16.0. The summed E-state index contributed by atoms with van der Waals surface area (Å²) in [5.74, 6) is 9.09. The van der Waals surface area contributed by atoms with E-state index in [-0.39, 0.29) is 0 Å². The molecule has 0 bridgehead atoms. The second kappa shape index (κ2) is 13.8. The van der Waals surface area contributed by atoms with E-state index < -0.39 is 0 Å². The summed E-state index contributed by atoms with van der Waals surface area (Å²) in [6.07, 6.45) is 19.2.